The maximum atomic E-state index is 5.84. The van der Waals surface area contributed by atoms with Crippen molar-refractivity contribution in [1.29, 1.82) is 0 Å². The summed E-state index contributed by atoms with van der Waals surface area (Å²) >= 11 is 3.58. The molecule has 1 aromatic carbocycles. The van der Waals surface area contributed by atoms with Crippen molar-refractivity contribution in [2.75, 3.05) is 0 Å². The van der Waals surface area contributed by atoms with Crippen molar-refractivity contribution in [3.8, 4) is 11.3 Å². The summed E-state index contributed by atoms with van der Waals surface area (Å²) in [5.74, 6) is 1.85. The van der Waals surface area contributed by atoms with Crippen LogP contribution in [-0.2, 0) is 6.42 Å². The fourth-order valence-electron chi connectivity index (χ4n) is 2.05. The molecule has 0 aliphatic carbocycles. The zero-order chi connectivity index (χ0) is 13.3. The first-order chi connectivity index (χ1) is 8.47. The molecule has 0 saturated carbocycles. The van der Waals surface area contributed by atoms with Crippen molar-refractivity contribution in [2.24, 2.45) is 5.73 Å². The van der Waals surface area contributed by atoms with E-state index < -0.39 is 0 Å². The normalized spacial score (nSPS) is 12.7. The van der Waals surface area contributed by atoms with Gasteiger partial charge in [-0.1, -0.05) is 15.9 Å². The highest BCUT2D eigenvalue weighted by Gasteiger charge is 2.09. The minimum absolute atomic E-state index is 0.123. The van der Waals surface area contributed by atoms with Crippen LogP contribution in [0.25, 0.3) is 11.3 Å². The van der Waals surface area contributed by atoms with E-state index in [0.29, 0.717) is 0 Å². The fraction of sp³-hybridized carbons (Fsp3) is 0.333. The molecule has 1 atom stereocenters. The fourth-order valence-corrected chi connectivity index (χ4v) is 2.28. The number of hydrogen-bond donors (Lipinski definition) is 1. The summed E-state index contributed by atoms with van der Waals surface area (Å²) in [5.41, 5.74) is 9.32. The smallest absolute Gasteiger partial charge is 0.134 e. The summed E-state index contributed by atoms with van der Waals surface area (Å²) < 4.78 is 7.00. The molecule has 2 rings (SSSR count). The van der Waals surface area contributed by atoms with E-state index in [9.17, 15) is 0 Å². The van der Waals surface area contributed by atoms with Crippen molar-refractivity contribution in [3.05, 3.63) is 45.6 Å². The van der Waals surface area contributed by atoms with Crippen molar-refractivity contribution in [1.82, 2.24) is 0 Å². The third-order valence-corrected chi connectivity index (χ3v) is 4.16. The SMILES string of the molecule is Cc1cc(-c2ccc(CC(C)N)o2)cc(C)c1Br. The molecule has 1 heterocycles. The zero-order valence-electron chi connectivity index (χ0n) is 11.0. The lowest BCUT2D eigenvalue weighted by molar-refractivity contribution is 0.503. The minimum Gasteiger partial charge on any atom is -0.461 e. The van der Waals surface area contributed by atoms with Crippen LogP contribution in [0.3, 0.4) is 0 Å². The zero-order valence-corrected chi connectivity index (χ0v) is 12.5. The van der Waals surface area contributed by atoms with Crippen LogP contribution < -0.4 is 5.73 Å². The predicted octanol–water partition coefficient (Wildman–Crippen LogP) is 4.22. The topological polar surface area (TPSA) is 39.2 Å². The summed E-state index contributed by atoms with van der Waals surface area (Å²) in [7, 11) is 0. The van der Waals surface area contributed by atoms with Gasteiger partial charge >= 0.3 is 0 Å². The number of furan rings is 1. The maximum absolute atomic E-state index is 5.84. The highest BCUT2D eigenvalue weighted by Crippen LogP contribution is 2.29. The second kappa shape index (κ2) is 5.29. The lowest BCUT2D eigenvalue weighted by Gasteiger charge is -2.06. The third kappa shape index (κ3) is 2.85. The highest BCUT2D eigenvalue weighted by atomic mass is 79.9. The van der Waals surface area contributed by atoms with Crippen molar-refractivity contribution in [3.63, 3.8) is 0 Å². The lowest BCUT2D eigenvalue weighted by Crippen LogP contribution is -2.17. The molecule has 0 aliphatic rings. The van der Waals surface area contributed by atoms with Gasteiger partial charge < -0.3 is 10.2 Å². The number of nitrogens with two attached hydrogens (primary N) is 1. The van der Waals surface area contributed by atoms with E-state index in [1.165, 1.54) is 11.1 Å². The molecule has 0 bridgehead atoms. The lowest BCUT2D eigenvalue weighted by atomic mass is 10.1. The van der Waals surface area contributed by atoms with E-state index in [1.54, 1.807) is 0 Å². The Balaban J connectivity index is 2.34. The van der Waals surface area contributed by atoms with E-state index in [2.05, 4.69) is 41.9 Å². The molecule has 96 valence electrons. The summed E-state index contributed by atoms with van der Waals surface area (Å²) in [4.78, 5) is 0. The molecule has 2 aromatic rings. The second-order valence-corrected chi connectivity index (χ2v) is 5.66. The quantitative estimate of drug-likeness (QED) is 0.922. The summed E-state index contributed by atoms with van der Waals surface area (Å²) in [5, 5.41) is 0. The van der Waals surface area contributed by atoms with E-state index in [0.717, 1.165) is 28.0 Å². The van der Waals surface area contributed by atoms with Gasteiger partial charge in [0.2, 0.25) is 0 Å². The highest BCUT2D eigenvalue weighted by molar-refractivity contribution is 9.10. The third-order valence-electron chi connectivity index (χ3n) is 2.91. The van der Waals surface area contributed by atoms with Crippen LogP contribution in [0.4, 0.5) is 0 Å². The number of hydrogen-bond acceptors (Lipinski definition) is 2. The monoisotopic (exact) mass is 307 g/mol. The van der Waals surface area contributed by atoms with Gasteiger partial charge in [0.1, 0.15) is 11.5 Å². The van der Waals surface area contributed by atoms with Gasteiger partial charge in [-0.25, -0.2) is 0 Å². The van der Waals surface area contributed by atoms with Gasteiger partial charge in [-0.05, 0) is 56.2 Å². The van der Waals surface area contributed by atoms with Gasteiger partial charge in [-0.2, -0.15) is 0 Å². The molecule has 1 unspecified atom stereocenters. The summed E-state index contributed by atoms with van der Waals surface area (Å²) in [6, 6.07) is 8.40. The Kier molecular flexibility index (Phi) is 3.93. The first-order valence-corrected chi connectivity index (χ1v) is 6.88. The molecule has 2 N–H and O–H groups in total. The molecular formula is C15H18BrNO. The van der Waals surface area contributed by atoms with Crippen LogP contribution in [0.1, 0.15) is 23.8 Å². The molecule has 0 aliphatic heterocycles. The summed E-state index contributed by atoms with van der Waals surface area (Å²) in [6.07, 6.45) is 0.772. The number of aryl methyl sites for hydroxylation is 2. The van der Waals surface area contributed by atoms with Crippen LogP contribution in [0.15, 0.2) is 33.2 Å². The Bertz CT molecular complexity index is 534. The van der Waals surface area contributed by atoms with E-state index in [1.807, 2.05) is 19.1 Å². The Morgan fingerprint density at radius 3 is 2.39 bits per heavy atom. The number of halogens is 1. The minimum atomic E-state index is 0.123. The van der Waals surface area contributed by atoms with Crippen LogP contribution >= 0.6 is 15.9 Å². The molecule has 0 saturated heterocycles. The van der Waals surface area contributed by atoms with Crippen LogP contribution in [0.2, 0.25) is 0 Å². The van der Waals surface area contributed by atoms with E-state index >= 15 is 0 Å². The maximum Gasteiger partial charge on any atom is 0.134 e. The van der Waals surface area contributed by atoms with Gasteiger partial charge in [0.25, 0.3) is 0 Å². The molecule has 1 aromatic heterocycles. The molecular weight excluding hydrogens is 290 g/mol. The first-order valence-electron chi connectivity index (χ1n) is 6.09. The predicted molar refractivity (Wildman–Crippen MR) is 78.7 cm³/mol. The Labute approximate surface area is 116 Å². The van der Waals surface area contributed by atoms with Gasteiger partial charge in [0.05, 0.1) is 0 Å². The van der Waals surface area contributed by atoms with Crippen molar-refractivity contribution >= 4 is 15.9 Å². The van der Waals surface area contributed by atoms with Crippen LogP contribution in [0.5, 0.6) is 0 Å². The van der Waals surface area contributed by atoms with Gasteiger partial charge in [0.15, 0.2) is 0 Å². The van der Waals surface area contributed by atoms with E-state index in [4.69, 9.17) is 10.2 Å². The van der Waals surface area contributed by atoms with Crippen LogP contribution in [0, 0.1) is 13.8 Å². The molecule has 0 radical (unpaired) electrons. The molecule has 2 nitrogen and oxygen atoms in total. The van der Waals surface area contributed by atoms with Gasteiger partial charge in [-0.3, -0.25) is 0 Å². The van der Waals surface area contributed by atoms with Crippen LogP contribution in [-0.4, -0.2) is 6.04 Å². The Morgan fingerprint density at radius 1 is 1.22 bits per heavy atom. The average Bonchev–Trinajstić information content (AvgIpc) is 2.72. The van der Waals surface area contributed by atoms with Gasteiger partial charge in [-0.15, -0.1) is 0 Å². The van der Waals surface area contributed by atoms with Crippen molar-refractivity contribution < 1.29 is 4.42 Å². The Morgan fingerprint density at radius 2 is 1.83 bits per heavy atom. The number of benzene rings is 1. The molecule has 3 heteroatoms. The first kappa shape index (κ1) is 13.4. The molecule has 18 heavy (non-hydrogen) atoms. The average molecular weight is 308 g/mol. The Hall–Kier alpha value is -1.06. The summed E-state index contributed by atoms with van der Waals surface area (Å²) in [6.45, 7) is 6.16. The van der Waals surface area contributed by atoms with Crippen molar-refractivity contribution in [2.45, 2.75) is 33.2 Å². The largest absolute Gasteiger partial charge is 0.461 e. The van der Waals surface area contributed by atoms with E-state index in [-0.39, 0.29) is 6.04 Å². The molecule has 0 amide bonds. The second-order valence-electron chi connectivity index (χ2n) is 4.87. The molecule has 0 fully saturated rings. The molecule has 0 spiro atoms. The number of rotatable bonds is 3. The van der Waals surface area contributed by atoms with Gasteiger partial charge in [0, 0.05) is 22.5 Å². The standard InChI is InChI=1S/C15H18BrNO/c1-9-6-12(7-10(2)15(9)16)14-5-4-13(18-14)8-11(3)17/h4-7,11H,8,17H2,1-3H3.